The zero-order valence-corrected chi connectivity index (χ0v) is 8.42. The van der Waals surface area contributed by atoms with Crippen LogP contribution in [0, 0.1) is 11.6 Å². The van der Waals surface area contributed by atoms with Crippen molar-refractivity contribution in [2.75, 3.05) is 12.8 Å². The van der Waals surface area contributed by atoms with Gasteiger partial charge in [-0.2, -0.15) is 5.10 Å². The monoisotopic (exact) mass is 225 g/mol. The van der Waals surface area contributed by atoms with Crippen molar-refractivity contribution in [2.45, 2.75) is 0 Å². The summed E-state index contributed by atoms with van der Waals surface area (Å²) in [6.45, 7) is 0. The highest BCUT2D eigenvalue weighted by Gasteiger charge is 2.15. The third-order valence-electron chi connectivity index (χ3n) is 2.18. The van der Waals surface area contributed by atoms with Crippen LogP contribution in [0.1, 0.15) is 0 Å². The number of halogens is 2. The Labute approximate surface area is 90.0 Å². The van der Waals surface area contributed by atoms with Crippen LogP contribution in [0.3, 0.4) is 0 Å². The zero-order chi connectivity index (χ0) is 11.7. The van der Waals surface area contributed by atoms with Gasteiger partial charge in [0.1, 0.15) is 5.75 Å². The molecule has 0 saturated heterocycles. The first kappa shape index (κ1) is 10.4. The molecule has 0 aliphatic heterocycles. The Kier molecular flexibility index (Phi) is 2.47. The summed E-state index contributed by atoms with van der Waals surface area (Å²) in [7, 11) is 1.36. The molecule has 1 aromatic heterocycles. The van der Waals surface area contributed by atoms with Crippen LogP contribution >= 0.6 is 0 Å². The zero-order valence-electron chi connectivity index (χ0n) is 8.42. The minimum absolute atomic E-state index is 0.190. The number of rotatable bonds is 2. The van der Waals surface area contributed by atoms with E-state index >= 15 is 0 Å². The second-order valence-electron chi connectivity index (χ2n) is 3.17. The van der Waals surface area contributed by atoms with Gasteiger partial charge in [0.25, 0.3) is 0 Å². The fraction of sp³-hybridized carbons (Fsp3) is 0.100. The number of nitrogens with two attached hydrogens (primary N) is 1. The molecule has 0 radical (unpaired) electrons. The number of nitrogens with zero attached hydrogens (tertiary/aromatic N) is 1. The molecule has 4 nitrogen and oxygen atoms in total. The SMILES string of the molecule is COc1cc(F)c(F)cc1-c1[nH]ncc1N. The number of nitrogen functional groups attached to an aromatic ring is 1. The Hall–Kier alpha value is -2.11. The van der Waals surface area contributed by atoms with Crippen molar-refractivity contribution in [1.82, 2.24) is 10.2 Å². The number of ether oxygens (including phenoxy) is 1. The summed E-state index contributed by atoms with van der Waals surface area (Å²) in [6.07, 6.45) is 1.38. The number of aromatic amines is 1. The van der Waals surface area contributed by atoms with E-state index in [0.717, 1.165) is 12.1 Å². The molecular formula is C10H9F2N3O. The maximum Gasteiger partial charge on any atom is 0.162 e. The van der Waals surface area contributed by atoms with Gasteiger partial charge in [0.15, 0.2) is 11.6 Å². The molecule has 1 heterocycles. The molecule has 6 heteroatoms. The quantitative estimate of drug-likeness (QED) is 0.820. The number of methoxy groups -OCH3 is 1. The molecule has 0 spiro atoms. The third kappa shape index (κ3) is 1.58. The summed E-state index contributed by atoms with van der Waals surface area (Å²) in [5, 5.41) is 6.30. The lowest BCUT2D eigenvalue weighted by molar-refractivity contribution is 0.408. The Bertz CT molecular complexity index is 525. The number of anilines is 1. The molecule has 0 bridgehead atoms. The van der Waals surface area contributed by atoms with Gasteiger partial charge >= 0.3 is 0 Å². The molecule has 0 atom stereocenters. The van der Waals surface area contributed by atoms with Gasteiger partial charge in [-0.05, 0) is 6.07 Å². The molecular weight excluding hydrogens is 216 g/mol. The minimum Gasteiger partial charge on any atom is -0.496 e. The van der Waals surface area contributed by atoms with Gasteiger partial charge in [0.05, 0.1) is 24.7 Å². The predicted octanol–water partition coefficient (Wildman–Crippen LogP) is 1.95. The first-order chi connectivity index (χ1) is 7.63. The van der Waals surface area contributed by atoms with Crippen LogP contribution in [0.15, 0.2) is 18.3 Å². The Morgan fingerprint density at radius 2 is 2.00 bits per heavy atom. The number of hydrogen-bond acceptors (Lipinski definition) is 3. The van der Waals surface area contributed by atoms with E-state index in [2.05, 4.69) is 10.2 Å². The third-order valence-corrected chi connectivity index (χ3v) is 2.18. The number of nitrogens with one attached hydrogen (secondary N) is 1. The molecule has 16 heavy (non-hydrogen) atoms. The maximum atomic E-state index is 13.1. The maximum absolute atomic E-state index is 13.1. The molecule has 84 valence electrons. The van der Waals surface area contributed by atoms with Crippen LogP contribution in [0.25, 0.3) is 11.3 Å². The minimum atomic E-state index is -0.973. The van der Waals surface area contributed by atoms with Gasteiger partial charge in [0.2, 0.25) is 0 Å². The van der Waals surface area contributed by atoms with Crippen LogP contribution < -0.4 is 10.5 Å². The topological polar surface area (TPSA) is 63.9 Å². The van der Waals surface area contributed by atoms with Gasteiger partial charge in [-0.15, -0.1) is 0 Å². The molecule has 2 aromatic rings. The van der Waals surface area contributed by atoms with Crippen LogP contribution in [0.2, 0.25) is 0 Å². The van der Waals surface area contributed by atoms with E-state index in [-0.39, 0.29) is 5.75 Å². The molecule has 0 aliphatic rings. The largest absolute Gasteiger partial charge is 0.496 e. The molecule has 0 amide bonds. The van der Waals surface area contributed by atoms with Gasteiger partial charge in [-0.25, -0.2) is 8.78 Å². The lowest BCUT2D eigenvalue weighted by atomic mass is 10.1. The van der Waals surface area contributed by atoms with E-state index in [1.165, 1.54) is 13.3 Å². The lowest BCUT2D eigenvalue weighted by Gasteiger charge is -2.08. The fourth-order valence-corrected chi connectivity index (χ4v) is 1.40. The van der Waals surface area contributed by atoms with E-state index in [4.69, 9.17) is 10.5 Å². The first-order valence-electron chi connectivity index (χ1n) is 4.45. The normalized spacial score (nSPS) is 10.4. The average Bonchev–Trinajstić information content (AvgIpc) is 2.68. The van der Waals surface area contributed by atoms with Gasteiger partial charge < -0.3 is 10.5 Å². The number of hydrogen-bond donors (Lipinski definition) is 2. The van der Waals surface area contributed by atoms with Gasteiger partial charge in [-0.3, -0.25) is 5.10 Å². The molecule has 0 saturated carbocycles. The fourth-order valence-electron chi connectivity index (χ4n) is 1.40. The van der Waals surface area contributed by atoms with Gasteiger partial charge in [-0.1, -0.05) is 0 Å². The Morgan fingerprint density at radius 3 is 2.56 bits per heavy atom. The highest BCUT2D eigenvalue weighted by atomic mass is 19.2. The number of benzene rings is 1. The van der Waals surface area contributed by atoms with Crippen molar-refractivity contribution in [2.24, 2.45) is 0 Å². The Morgan fingerprint density at radius 1 is 1.31 bits per heavy atom. The number of H-pyrrole nitrogens is 1. The van der Waals surface area contributed by atoms with Crippen molar-refractivity contribution < 1.29 is 13.5 Å². The summed E-state index contributed by atoms with van der Waals surface area (Å²) >= 11 is 0. The van der Waals surface area contributed by atoms with Crippen molar-refractivity contribution in [3.8, 4) is 17.0 Å². The van der Waals surface area contributed by atoms with Crippen molar-refractivity contribution in [1.29, 1.82) is 0 Å². The summed E-state index contributed by atoms with van der Waals surface area (Å²) in [5.41, 5.74) is 6.68. The van der Waals surface area contributed by atoms with Crippen LogP contribution in [0.5, 0.6) is 5.75 Å². The van der Waals surface area contributed by atoms with E-state index in [0.29, 0.717) is 16.9 Å². The van der Waals surface area contributed by atoms with Crippen molar-refractivity contribution in [3.63, 3.8) is 0 Å². The second-order valence-corrected chi connectivity index (χ2v) is 3.17. The van der Waals surface area contributed by atoms with Crippen LogP contribution in [-0.4, -0.2) is 17.3 Å². The van der Waals surface area contributed by atoms with E-state index < -0.39 is 11.6 Å². The lowest BCUT2D eigenvalue weighted by Crippen LogP contribution is -1.95. The molecule has 2 rings (SSSR count). The van der Waals surface area contributed by atoms with Crippen LogP contribution in [-0.2, 0) is 0 Å². The van der Waals surface area contributed by atoms with Crippen molar-refractivity contribution >= 4 is 5.69 Å². The van der Waals surface area contributed by atoms with E-state index in [9.17, 15) is 8.78 Å². The summed E-state index contributed by atoms with van der Waals surface area (Å²) in [6, 6.07) is 1.98. The average molecular weight is 225 g/mol. The first-order valence-corrected chi connectivity index (χ1v) is 4.45. The van der Waals surface area contributed by atoms with E-state index in [1.54, 1.807) is 0 Å². The molecule has 0 unspecified atom stereocenters. The molecule has 1 aromatic carbocycles. The number of aromatic nitrogens is 2. The molecule has 0 fully saturated rings. The summed E-state index contributed by atoms with van der Waals surface area (Å²) in [5.74, 6) is -1.75. The summed E-state index contributed by atoms with van der Waals surface area (Å²) < 4.78 is 31.0. The summed E-state index contributed by atoms with van der Waals surface area (Å²) in [4.78, 5) is 0. The van der Waals surface area contributed by atoms with Crippen molar-refractivity contribution in [3.05, 3.63) is 30.0 Å². The van der Waals surface area contributed by atoms with Gasteiger partial charge in [0, 0.05) is 11.6 Å². The van der Waals surface area contributed by atoms with E-state index in [1.807, 2.05) is 0 Å². The highest BCUT2D eigenvalue weighted by molar-refractivity contribution is 5.76. The second kappa shape index (κ2) is 3.80. The highest BCUT2D eigenvalue weighted by Crippen LogP contribution is 2.33. The Balaban J connectivity index is 2.64. The molecule has 0 aliphatic carbocycles. The van der Waals surface area contributed by atoms with Crippen LogP contribution in [0.4, 0.5) is 14.5 Å². The standard InChI is InChI=1S/C10H9F2N3O/c1-16-9-3-7(12)6(11)2-5(9)10-8(13)4-14-15-10/h2-4H,13H2,1H3,(H,14,15). The molecule has 3 N–H and O–H groups in total. The predicted molar refractivity (Wildman–Crippen MR) is 54.9 cm³/mol. The smallest absolute Gasteiger partial charge is 0.162 e.